The fourth-order valence-corrected chi connectivity index (χ4v) is 10.0. The minimum Gasteiger partial charge on any atom is -0.394 e. The van der Waals surface area contributed by atoms with Crippen molar-refractivity contribution < 1.29 is 122 Å². The lowest BCUT2D eigenvalue weighted by atomic mass is 9.97. The number of hydrogen-bond acceptors (Lipinski definition) is 26. The molecule has 3 aliphatic rings. The molecule has 0 saturated carbocycles. The van der Waals surface area contributed by atoms with Crippen LogP contribution in [0.5, 0.6) is 0 Å². The van der Waals surface area contributed by atoms with E-state index in [2.05, 4.69) is 58.5 Å². The molecule has 3 aliphatic heterocycles. The highest BCUT2D eigenvalue weighted by atomic mass is 16.7. The van der Waals surface area contributed by atoms with Crippen molar-refractivity contribution in [3.63, 3.8) is 0 Å². The second-order valence-electron chi connectivity index (χ2n) is 22.8. The van der Waals surface area contributed by atoms with Crippen molar-refractivity contribution >= 4 is 59.1 Å². The van der Waals surface area contributed by atoms with E-state index in [1.165, 1.54) is 27.8 Å². The first-order valence-electron chi connectivity index (χ1n) is 31.5. The van der Waals surface area contributed by atoms with Crippen LogP contribution in [0.2, 0.25) is 0 Å². The molecular weight excluding hydrogens is 1240 g/mol. The van der Waals surface area contributed by atoms with Gasteiger partial charge in [-0.2, -0.15) is 0 Å². The summed E-state index contributed by atoms with van der Waals surface area (Å²) in [5, 5.41) is 118. The summed E-state index contributed by atoms with van der Waals surface area (Å²) >= 11 is 0. The van der Waals surface area contributed by atoms with E-state index in [9.17, 15) is 93.9 Å². The van der Waals surface area contributed by atoms with E-state index in [-0.39, 0.29) is 39.5 Å². The van der Waals surface area contributed by atoms with Crippen molar-refractivity contribution in [2.45, 2.75) is 215 Å². The van der Waals surface area contributed by atoms with E-state index < -0.39 is 215 Å². The van der Waals surface area contributed by atoms with Crippen molar-refractivity contribution in [1.29, 1.82) is 0 Å². The lowest BCUT2D eigenvalue weighted by molar-refractivity contribution is -0.270. The van der Waals surface area contributed by atoms with Gasteiger partial charge >= 0.3 is 0 Å². The van der Waals surface area contributed by atoms with Crippen LogP contribution in [0, 0.1) is 0 Å². The quantitative estimate of drug-likeness (QED) is 0.0252. The summed E-state index contributed by atoms with van der Waals surface area (Å²) in [6, 6.07) is -6.07. The number of hydrogen-bond donors (Lipinski definition) is 20. The largest absolute Gasteiger partial charge is 0.394 e. The summed E-state index contributed by atoms with van der Waals surface area (Å²) in [7, 11) is 1.38. The van der Waals surface area contributed by atoms with E-state index in [4.69, 9.17) is 28.4 Å². The summed E-state index contributed by atoms with van der Waals surface area (Å²) in [4.78, 5) is 126. The van der Waals surface area contributed by atoms with Gasteiger partial charge in [0.1, 0.15) is 79.1 Å². The molecule has 0 aromatic rings. The summed E-state index contributed by atoms with van der Waals surface area (Å²) in [6.07, 6.45) is -9.85. The SMILES string of the molecule is CNC(CC(=O)NC(CC(=O)NCC(=O)NCCCCCCOC1OC(CO)C(O)C(O)C1NC(C)=O)C(=O)NCC(=O)NCCCCCCOC1OC(CO)C(O)C(O)C1NC(C)=O)C(=O)NCC(=O)NCCCCCCOC1OC(CO)C(O)C(O)C1NC(C)=O. The maximum Gasteiger partial charge on any atom is 0.243 e. The van der Waals surface area contributed by atoms with Crippen LogP contribution < -0.4 is 58.5 Å². The molecule has 3 saturated heterocycles. The molecule has 3 heterocycles. The molecule has 0 bridgehead atoms. The van der Waals surface area contributed by atoms with Crippen LogP contribution in [0.4, 0.5) is 0 Å². The third-order valence-electron chi connectivity index (χ3n) is 15.2. The minimum atomic E-state index is -1.61. The third-order valence-corrected chi connectivity index (χ3v) is 15.2. The molecule has 10 amide bonds. The summed E-state index contributed by atoms with van der Waals surface area (Å²) in [5.41, 5.74) is 0. The van der Waals surface area contributed by atoms with Crippen LogP contribution in [0.25, 0.3) is 0 Å². The van der Waals surface area contributed by atoms with E-state index in [0.29, 0.717) is 77.0 Å². The van der Waals surface area contributed by atoms with Crippen LogP contribution in [0.1, 0.15) is 111 Å². The normalized spacial score (nSPS) is 26.7. The molecule has 17 atom stereocenters. The Morgan fingerprint density at radius 1 is 0.376 bits per heavy atom. The first-order chi connectivity index (χ1) is 44.3. The fraction of sp³-hybridized carbons (Fsp3) is 0.825. The van der Waals surface area contributed by atoms with Gasteiger partial charge in [-0.3, -0.25) is 47.9 Å². The van der Waals surface area contributed by atoms with Gasteiger partial charge in [0.25, 0.3) is 0 Å². The van der Waals surface area contributed by atoms with Crippen molar-refractivity contribution in [3.8, 4) is 0 Å². The Bertz CT molecular complexity index is 2320. The molecule has 17 unspecified atom stereocenters. The molecule has 0 aromatic carbocycles. The Hall–Kier alpha value is -5.94. The van der Waals surface area contributed by atoms with Gasteiger partial charge in [0, 0.05) is 60.2 Å². The van der Waals surface area contributed by atoms with Gasteiger partial charge in [-0.25, -0.2) is 0 Å². The number of rotatable bonds is 44. The summed E-state index contributed by atoms with van der Waals surface area (Å²) in [6.45, 7) is 1.48. The van der Waals surface area contributed by atoms with Gasteiger partial charge in [-0.05, 0) is 45.6 Å². The zero-order valence-electron chi connectivity index (χ0n) is 53.3. The van der Waals surface area contributed by atoms with Crippen molar-refractivity contribution in [2.75, 3.05) is 86.0 Å². The molecule has 93 heavy (non-hydrogen) atoms. The van der Waals surface area contributed by atoms with Crippen molar-refractivity contribution in [1.82, 2.24) is 58.5 Å². The van der Waals surface area contributed by atoms with Crippen LogP contribution >= 0.6 is 0 Å². The number of aliphatic hydroxyl groups is 9. The zero-order valence-corrected chi connectivity index (χ0v) is 53.3. The Morgan fingerprint density at radius 2 is 0.677 bits per heavy atom. The van der Waals surface area contributed by atoms with Gasteiger partial charge in [-0.15, -0.1) is 0 Å². The standard InChI is InChI=1S/C57H101N11O25/c1-31(72)65-44-50(83)47(80)36(28-69)91-55(44)88-20-14-8-5-11-17-59-41(77)25-62-39(75)24-35(54(87)64-27-43(79)61-19-13-7-10-16-22-90-57-46(67-33(3)74)52(85)49(82)38(30-71)93-57)68-40(76)23-34(58-4)53(86)63-26-42(78)60-18-12-6-9-15-21-89-56-45(66-32(2)73)51(84)48(81)37(29-70)92-56/h34-38,44-52,55-58,69-71,80-85H,5-30H2,1-4H3,(H,59,77)(H,60,78)(H,61,79)(H,62,75)(H,63,86)(H,64,87)(H,65,72)(H,66,73)(H,67,74)(H,68,76). The molecule has 20 N–H and O–H groups in total. The maximum atomic E-state index is 13.5. The second kappa shape index (κ2) is 44.7. The van der Waals surface area contributed by atoms with Crippen molar-refractivity contribution in [2.24, 2.45) is 0 Å². The Morgan fingerprint density at radius 3 is 0.989 bits per heavy atom. The lowest BCUT2D eigenvalue weighted by Gasteiger charge is -2.42. The number of carbonyl (C=O) groups excluding carboxylic acids is 10. The molecule has 36 heteroatoms. The number of nitrogens with one attached hydrogen (secondary N) is 11. The average molecular weight is 1340 g/mol. The van der Waals surface area contributed by atoms with Gasteiger partial charge in [0.2, 0.25) is 59.1 Å². The molecule has 0 spiro atoms. The van der Waals surface area contributed by atoms with E-state index in [1.54, 1.807) is 0 Å². The summed E-state index contributed by atoms with van der Waals surface area (Å²) in [5.74, 6) is -6.62. The molecule has 534 valence electrons. The Balaban J connectivity index is 1.45. The number of ether oxygens (including phenoxy) is 6. The van der Waals surface area contributed by atoms with Crippen LogP contribution in [-0.2, 0) is 76.4 Å². The minimum absolute atomic E-state index is 0.133. The third kappa shape index (κ3) is 30.1. The van der Waals surface area contributed by atoms with E-state index in [0.717, 1.165) is 0 Å². The lowest BCUT2D eigenvalue weighted by Crippen LogP contribution is -2.64. The summed E-state index contributed by atoms with van der Waals surface area (Å²) < 4.78 is 33.8. The number of carbonyl (C=O) groups is 10. The predicted octanol–water partition coefficient (Wildman–Crippen LogP) is -8.90. The van der Waals surface area contributed by atoms with Crippen LogP contribution in [0.3, 0.4) is 0 Å². The predicted molar refractivity (Wildman–Crippen MR) is 321 cm³/mol. The number of likely N-dealkylation sites (N-methyl/N-ethyl adjacent to an activating group) is 1. The van der Waals surface area contributed by atoms with Crippen LogP contribution in [0.15, 0.2) is 0 Å². The average Bonchev–Trinajstić information content (AvgIpc) is 1.55. The van der Waals surface area contributed by atoms with E-state index in [1.807, 2.05) is 0 Å². The Kier molecular flexibility index (Phi) is 39.0. The first-order valence-corrected chi connectivity index (χ1v) is 31.5. The van der Waals surface area contributed by atoms with Gasteiger partial charge in [0.15, 0.2) is 18.9 Å². The molecule has 0 aromatic heterocycles. The zero-order chi connectivity index (χ0) is 69.0. The molecule has 0 aliphatic carbocycles. The Labute approximate surface area is 539 Å². The highest BCUT2D eigenvalue weighted by Crippen LogP contribution is 2.25. The monoisotopic (exact) mass is 1340 g/mol. The van der Waals surface area contributed by atoms with Crippen LogP contribution in [-0.4, -0.2) is 295 Å². The molecule has 0 radical (unpaired) electrons. The second-order valence-corrected chi connectivity index (χ2v) is 22.8. The number of unbranched alkanes of at least 4 members (excludes halogenated alkanes) is 9. The molecule has 36 nitrogen and oxygen atoms in total. The highest BCUT2D eigenvalue weighted by Gasteiger charge is 2.48. The maximum absolute atomic E-state index is 13.5. The topological polar surface area (TPSA) is 540 Å². The molecular formula is C57H101N11O25. The van der Waals surface area contributed by atoms with E-state index >= 15 is 0 Å². The fourth-order valence-electron chi connectivity index (χ4n) is 10.0. The number of amides is 10. The molecule has 3 fully saturated rings. The van der Waals surface area contributed by atoms with Gasteiger partial charge in [-0.1, -0.05) is 38.5 Å². The smallest absolute Gasteiger partial charge is 0.243 e. The highest BCUT2D eigenvalue weighted by molar-refractivity contribution is 5.96. The van der Waals surface area contributed by atoms with Gasteiger partial charge < -0.3 is 133 Å². The van der Waals surface area contributed by atoms with Gasteiger partial charge in [0.05, 0.1) is 58.3 Å². The first kappa shape index (κ1) is 81.3. The molecule has 3 rings (SSSR count). The van der Waals surface area contributed by atoms with Crippen molar-refractivity contribution in [3.05, 3.63) is 0 Å². The number of aliphatic hydroxyl groups excluding tert-OH is 9.